The zero-order valence-corrected chi connectivity index (χ0v) is 13.2. The van der Waals surface area contributed by atoms with Crippen LogP contribution in [0.5, 0.6) is 0 Å². The Bertz CT molecular complexity index is 681. The van der Waals surface area contributed by atoms with Crippen LogP contribution in [-0.2, 0) is 24.3 Å². The molecular weight excluding hydrogens is 272 g/mol. The molecule has 0 bridgehead atoms. The van der Waals surface area contributed by atoms with E-state index in [2.05, 4.69) is 42.6 Å². The number of benzene rings is 2. The van der Waals surface area contributed by atoms with Gasteiger partial charge >= 0.3 is 0 Å². The highest BCUT2D eigenvalue weighted by molar-refractivity contribution is 5.82. The Kier molecular flexibility index (Phi) is 4.25. The molecule has 2 aromatic rings. The van der Waals surface area contributed by atoms with Gasteiger partial charge in [0.15, 0.2) is 0 Å². The van der Waals surface area contributed by atoms with E-state index in [1.165, 1.54) is 22.3 Å². The number of likely N-dealkylation sites (N-methyl/N-ethyl adjacent to an activating group) is 1. The molecule has 1 unspecified atom stereocenters. The van der Waals surface area contributed by atoms with E-state index in [0.29, 0.717) is 6.54 Å². The number of amides is 1. The van der Waals surface area contributed by atoms with Gasteiger partial charge in [0.25, 0.3) is 0 Å². The Labute approximate surface area is 132 Å². The number of hydrogen-bond donors (Lipinski definition) is 1. The third-order valence-corrected chi connectivity index (χ3v) is 4.26. The molecule has 0 aromatic heterocycles. The number of nitrogens with one attached hydrogen (secondary N) is 1. The Morgan fingerprint density at radius 2 is 1.95 bits per heavy atom. The first-order chi connectivity index (χ1) is 10.6. The summed E-state index contributed by atoms with van der Waals surface area (Å²) in [5.41, 5.74) is 4.98. The molecule has 1 atom stereocenters. The highest BCUT2D eigenvalue weighted by Crippen LogP contribution is 2.18. The van der Waals surface area contributed by atoms with Crippen LogP contribution < -0.4 is 5.32 Å². The Balaban J connectivity index is 1.67. The van der Waals surface area contributed by atoms with E-state index in [4.69, 9.17) is 0 Å². The fourth-order valence-corrected chi connectivity index (χ4v) is 3.06. The fourth-order valence-electron chi connectivity index (χ4n) is 3.06. The van der Waals surface area contributed by atoms with Crippen molar-refractivity contribution in [3.05, 3.63) is 70.8 Å². The molecule has 0 spiro atoms. The van der Waals surface area contributed by atoms with Crippen LogP contribution in [0.1, 0.15) is 22.3 Å². The summed E-state index contributed by atoms with van der Waals surface area (Å²) in [5.74, 6) is 0.163. The van der Waals surface area contributed by atoms with Crippen LogP contribution in [0.3, 0.4) is 0 Å². The smallest absolute Gasteiger partial charge is 0.240 e. The summed E-state index contributed by atoms with van der Waals surface area (Å²) in [5, 5.41) is 3.36. The largest absolute Gasteiger partial charge is 0.340 e. The molecule has 1 aliphatic heterocycles. The van der Waals surface area contributed by atoms with Gasteiger partial charge in [-0.3, -0.25) is 4.79 Å². The van der Waals surface area contributed by atoms with Gasteiger partial charge in [0.05, 0.1) is 6.04 Å². The van der Waals surface area contributed by atoms with E-state index in [-0.39, 0.29) is 11.9 Å². The number of carbonyl (C=O) groups is 1. The van der Waals surface area contributed by atoms with E-state index >= 15 is 0 Å². The van der Waals surface area contributed by atoms with Crippen LogP contribution in [0.2, 0.25) is 0 Å². The second kappa shape index (κ2) is 6.32. The SMILES string of the molecule is Cc1cccc(CN(C)C(=O)C2Cc3ccccc3CN2)c1. The first-order valence-electron chi connectivity index (χ1n) is 7.74. The minimum Gasteiger partial charge on any atom is -0.340 e. The van der Waals surface area contributed by atoms with E-state index in [0.717, 1.165) is 13.0 Å². The molecule has 3 nitrogen and oxygen atoms in total. The van der Waals surface area contributed by atoms with Gasteiger partial charge in [-0.15, -0.1) is 0 Å². The third kappa shape index (κ3) is 3.20. The Morgan fingerprint density at radius 3 is 2.73 bits per heavy atom. The van der Waals surface area contributed by atoms with Gasteiger partial charge in [0.2, 0.25) is 5.91 Å². The van der Waals surface area contributed by atoms with Gasteiger partial charge in [-0.25, -0.2) is 0 Å². The Hall–Kier alpha value is -2.13. The van der Waals surface area contributed by atoms with Crippen LogP contribution in [0.15, 0.2) is 48.5 Å². The summed E-state index contributed by atoms with van der Waals surface area (Å²) in [4.78, 5) is 14.5. The van der Waals surface area contributed by atoms with Crippen molar-refractivity contribution in [1.82, 2.24) is 10.2 Å². The van der Waals surface area contributed by atoms with E-state index in [9.17, 15) is 4.79 Å². The second-order valence-corrected chi connectivity index (χ2v) is 6.09. The predicted octanol–water partition coefficient (Wildman–Crippen LogP) is 2.67. The van der Waals surface area contributed by atoms with Crippen molar-refractivity contribution in [2.24, 2.45) is 0 Å². The zero-order chi connectivity index (χ0) is 15.5. The Morgan fingerprint density at radius 1 is 1.18 bits per heavy atom. The number of carbonyl (C=O) groups excluding carboxylic acids is 1. The van der Waals surface area contributed by atoms with Gasteiger partial charge in [-0.2, -0.15) is 0 Å². The average Bonchev–Trinajstić information content (AvgIpc) is 2.53. The fraction of sp³-hybridized carbons (Fsp3) is 0.316. The van der Waals surface area contributed by atoms with Crippen LogP contribution in [0, 0.1) is 6.92 Å². The van der Waals surface area contributed by atoms with Crippen LogP contribution in [-0.4, -0.2) is 23.9 Å². The monoisotopic (exact) mass is 294 g/mol. The quantitative estimate of drug-likeness (QED) is 0.944. The molecule has 114 valence electrons. The predicted molar refractivity (Wildman–Crippen MR) is 88.4 cm³/mol. The summed E-state index contributed by atoms with van der Waals surface area (Å²) < 4.78 is 0. The zero-order valence-electron chi connectivity index (χ0n) is 13.2. The lowest BCUT2D eigenvalue weighted by Crippen LogP contribution is -2.48. The first kappa shape index (κ1) is 14.8. The molecule has 3 rings (SSSR count). The second-order valence-electron chi connectivity index (χ2n) is 6.09. The van der Waals surface area contributed by atoms with E-state index in [1.54, 1.807) is 0 Å². The molecule has 1 heterocycles. The minimum atomic E-state index is -0.121. The lowest BCUT2D eigenvalue weighted by atomic mass is 9.95. The van der Waals surface area contributed by atoms with E-state index < -0.39 is 0 Å². The topological polar surface area (TPSA) is 32.3 Å². The number of nitrogens with zero attached hydrogens (tertiary/aromatic N) is 1. The summed E-state index contributed by atoms with van der Waals surface area (Å²) in [7, 11) is 1.88. The maximum atomic E-state index is 12.7. The molecule has 22 heavy (non-hydrogen) atoms. The van der Waals surface area contributed by atoms with Gasteiger partial charge in [0.1, 0.15) is 0 Å². The number of rotatable bonds is 3. The molecule has 2 aromatic carbocycles. The van der Waals surface area contributed by atoms with Crippen LogP contribution in [0.25, 0.3) is 0 Å². The van der Waals surface area contributed by atoms with Crippen molar-refractivity contribution in [3.8, 4) is 0 Å². The molecule has 0 aliphatic carbocycles. The molecule has 1 N–H and O–H groups in total. The maximum Gasteiger partial charge on any atom is 0.240 e. The minimum absolute atomic E-state index is 0.121. The lowest BCUT2D eigenvalue weighted by Gasteiger charge is -2.29. The van der Waals surface area contributed by atoms with Gasteiger partial charge in [-0.05, 0) is 30.0 Å². The molecule has 0 saturated carbocycles. The summed E-state index contributed by atoms with van der Waals surface area (Å²) in [6, 6.07) is 16.5. The summed E-state index contributed by atoms with van der Waals surface area (Å²) >= 11 is 0. The van der Waals surface area contributed by atoms with Crippen molar-refractivity contribution in [2.45, 2.75) is 32.5 Å². The summed E-state index contributed by atoms with van der Waals surface area (Å²) in [6.45, 7) is 3.50. The highest BCUT2D eigenvalue weighted by Gasteiger charge is 2.26. The third-order valence-electron chi connectivity index (χ3n) is 4.26. The normalized spacial score (nSPS) is 16.9. The van der Waals surface area contributed by atoms with Crippen molar-refractivity contribution >= 4 is 5.91 Å². The molecular formula is C19H22N2O. The van der Waals surface area contributed by atoms with E-state index in [1.807, 2.05) is 30.1 Å². The standard InChI is InChI=1S/C19H22N2O/c1-14-6-5-7-15(10-14)13-21(2)19(22)18-11-16-8-3-4-9-17(16)12-20-18/h3-10,18,20H,11-13H2,1-2H3. The van der Waals surface area contributed by atoms with Gasteiger partial charge in [-0.1, -0.05) is 54.1 Å². The molecule has 0 radical (unpaired) electrons. The first-order valence-corrected chi connectivity index (χ1v) is 7.74. The highest BCUT2D eigenvalue weighted by atomic mass is 16.2. The van der Waals surface area contributed by atoms with Crippen LogP contribution >= 0.6 is 0 Å². The van der Waals surface area contributed by atoms with Crippen molar-refractivity contribution in [3.63, 3.8) is 0 Å². The molecule has 1 amide bonds. The summed E-state index contributed by atoms with van der Waals surface area (Å²) in [6.07, 6.45) is 0.771. The number of fused-ring (bicyclic) bond motifs is 1. The number of aryl methyl sites for hydroxylation is 1. The lowest BCUT2D eigenvalue weighted by molar-refractivity contribution is -0.132. The van der Waals surface area contributed by atoms with Crippen molar-refractivity contribution in [2.75, 3.05) is 7.05 Å². The molecule has 1 aliphatic rings. The van der Waals surface area contributed by atoms with Gasteiger partial charge < -0.3 is 10.2 Å². The molecule has 0 fully saturated rings. The molecule has 3 heteroatoms. The number of hydrogen-bond acceptors (Lipinski definition) is 2. The van der Waals surface area contributed by atoms with Crippen LogP contribution in [0.4, 0.5) is 0 Å². The van der Waals surface area contributed by atoms with Crippen molar-refractivity contribution < 1.29 is 4.79 Å². The van der Waals surface area contributed by atoms with Gasteiger partial charge in [0, 0.05) is 20.1 Å². The maximum absolute atomic E-state index is 12.7. The molecule has 0 saturated heterocycles. The average molecular weight is 294 g/mol. The van der Waals surface area contributed by atoms with Crippen molar-refractivity contribution in [1.29, 1.82) is 0 Å².